The Morgan fingerprint density at radius 2 is 1.53 bits per heavy atom. The van der Waals surface area contributed by atoms with Crippen LogP contribution in [-0.4, -0.2) is 0 Å². The van der Waals surface area contributed by atoms with Crippen LogP contribution in [0.5, 0.6) is 0 Å². The molecule has 32 heavy (non-hydrogen) atoms. The summed E-state index contributed by atoms with van der Waals surface area (Å²) in [5, 5.41) is 1.66. The maximum absolute atomic E-state index is 15.4. The third-order valence-electron chi connectivity index (χ3n) is 7.20. The van der Waals surface area contributed by atoms with E-state index in [1.54, 1.807) is 0 Å². The first kappa shape index (κ1) is 22.6. The first-order valence-electron chi connectivity index (χ1n) is 12.5. The Bertz CT molecular complexity index is 1090. The molecule has 1 aliphatic rings. The maximum Gasteiger partial charge on any atom is 0.134 e. The minimum absolute atomic E-state index is 0.0217. The molecule has 0 unspecified atom stereocenters. The summed E-state index contributed by atoms with van der Waals surface area (Å²) in [6, 6.07) is 18.4. The van der Waals surface area contributed by atoms with E-state index >= 15 is 4.39 Å². The molecule has 0 nitrogen and oxygen atoms in total. The van der Waals surface area contributed by atoms with Crippen LogP contribution in [-0.2, 0) is 6.42 Å². The van der Waals surface area contributed by atoms with Crippen molar-refractivity contribution >= 4 is 10.8 Å². The second kappa shape index (κ2) is 10.8. The third-order valence-corrected chi connectivity index (χ3v) is 7.20. The van der Waals surface area contributed by atoms with E-state index in [4.69, 9.17) is 0 Å². The van der Waals surface area contributed by atoms with Gasteiger partial charge < -0.3 is 0 Å². The van der Waals surface area contributed by atoms with Gasteiger partial charge in [-0.2, -0.15) is 0 Å². The molecule has 0 amide bonds. The Morgan fingerprint density at radius 3 is 2.25 bits per heavy atom. The highest BCUT2D eigenvalue weighted by Gasteiger charge is 2.24. The summed E-state index contributed by atoms with van der Waals surface area (Å²) >= 11 is 0. The Morgan fingerprint density at radius 1 is 0.812 bits per heavy atom. The predicted molar refractivity (Wildman–Crippen MR) is 135 cm³/mol. The van der Waals surface area contributed by atoms with Gasteiger partial charge >= 0.3 is 0 Å². The SMILES string of the molecule is CCCCCC1CCC(c2ccc3cc(C#Cc4ccc(CC)cc4)ccc3c2F)CC1. The molecule has 1 saturated carbocycles. The van der Waals surface area contributed by atoms with Gasteiger partial charge in [-0.25, -0.2) is 4.39 Å². The molecule has 0 aromatic heterocycles. The first-order chi connectivity index (χ1) is 15.7. The largest absolute Gasteiger partial charge is 0.206 e. The molecule has 166 valence electrons. The van der Waals surface area contributed by atoms with Crippen molar-refractivity contribution in [3.63, 3.8) is 0 Å². The quantitative estimate of drug-likeness (QED) is 0.273. The number of halogens is 1. The highest BCUT2D eigenvalue weighted by molar-refractivity contribution is 5.85. The van der Waals surface area contributed by atoms with Gasteiger partial charge in [-0.3, -0.25) is 0 Å². The summed E-state index contributed by atoms with van der Waals surface area (Å²) in [5.41, 5.74) is 4.17. The van der Waals surface area contributed by atoms with Gasteiger partial charge in [-0.15, -0.1) is 0 Å². The van der Waals surface area contributed by atoms with Gasteiger partial charge in [0, 0.05) is 16.5 Å². The Labute approximate surface area is 193 Å². The number of rotatable bonds is 6. The van der Waals surface area contributed by atoms with Crippen LogP contribution in [0.2, 0.25) is 0 Å². The number of fused-ring (bicyclic) bond motifs is 1. The number of benzene rings is 3. The molecule has 0 aliphatic heterocycles. The zero-order chi connectivity index (χ0) is 22.3. The van der Waals surface area contributed by atoms with Crippen LogP contribution in [0.3, 0.4) is 0 Å². The monoisotopic (exact) mass is 426 g/mol. The molecule has 1 heteroatoms. The molecule has 3 aromatic carbocycles. The fraction of sp³-hybridized carbons (Fsp3) is 0.419. The second-order valence-corrected chi connectivity index (χ2v) is 9.42. The average molecular weight is 427 g/mol. The van der Waals surface area contributed by atoms with Crippen molar-refractivity contribution in [1.82, 2.24) is 0 Å². The Kier molecular flexibility index (Phi) is 7.64. The fourth-order valence-electron chi connectivity index (χ4n) is 5.12. The van der Waals surface area contributed by atoms with E-state index in [1.165, 1.54) is 44.1 Å². The maximum atomic E-state index is 15.4. The molecular weight excluding hydrogens is 391 g/mol. The molecule has 0 atom stereocenters. The van der Waals surface area contributed by atoms with E-state index in [2.05, 4.69) is 56.0 Å². The summed E-state index contributed by atoms with van der Waals surface area (Å²) in [6.07, 6.45) is 11.1. The van der Waals surface area contributed by atoms with E-state index in [-0.39, 0.29) is 5.82 Å². The zero-order valence-electron chi connectivity index (χ0n) is 19.6. The number of unbranched alkanes of at least 4 members (excludes halogenated alkanes) is 2. The van der Waals surface area contributed by atoms with E-state index < -0.39 is 0 Å². The van der Waals surface area contributed by atoms with Crippen LogP contribution < -0.4 is 0 Å². The zero-order valence-corrected chi connectivity index (χ0v) is 19.6. The van der Waals surface area contributed by atoms with Crippen LogP contribution in [0.4, 0.5) is 4.39 Å². The van der Waals surface area contributed by atoms with Crippen LogP contribution in [0.1, 0.15) is 93.4 Å². The molecule has 0 saturated heterocycles. The molecular formula is C31H35F. The van der Waals surface area contributed by atoms with E-state index in [1.807, 2.05) is 24.3 Å². The minimum atomic E-state index is -0.0217. The van der Waals surface area contributed by atoms with Crippen LogP contribution in [0.25, 0.3) is 10.8 Å². The molecule has 1 aliphatic carbocycles. The number of aryl methyl sites for hydroxylation is 1. The summed E-state index contributed by atoms with van der Waals surface area (Å²) in [6.45, 7) is 4.42. The standard InChI is InChI=1S/C31H35F/c1-3-5-6-7-24-14-17-27(18-15-24)29-21-19-28-22-26(16-20-30(28)31(29)32)13-12-25-10-8-23(4-2)9-11-25/h8-11,16,19-22,24,27H,3-7,14-15,17-18H2,1-2H3. The molecule has 0 radical (unpaired) electrons. The van der Waals surface area contributed by atoms with Crippen molar-refractivity contribution in [2.75, 3.05) is 0 Å². The van der Waals surface area contributed by atoms with Crippen molar-refractivity contribution in [2.45, 2.75) is 77.6 Å². The van der Waals surface area contributed by atoms with Crippen LogP contribution in [0.15, 0.2) is 54.6 Å². The molecule has 0 spiro atoms. The van der Waals surface area contributed by atoms with Crippen molar-refractivity contribution < 1.29 is 4.39 Å². The average Bonchev–Trinajstić information content (AvgIpc) is 2.84. The minimum Gasteiger partial charge on any atom is -0.206 e. The number of hydrogen-bond donors (Lipinski definition) is 0. The van der Waals surface area contributed by atoms with Gasteiger partial charge in [-0.05, 0) is 84.7 Å². The summed E-state index contributed by atoms with van der Waals surface area (Å²) in [7, 11) is 0. The van der Waals surface area contributed by atoms with Gasteiger partial charge in [-0.1, -0.05) is 81.7 Å². The third kappa shape index (κ3) is 5.42. The highest BCUT2D eigenvalue weighted by Crippen LogP contribution is 2.40. The van der Waals surface area contributed by atoms with Gasteiger partial charge in [0.2, 0.25) is 0 Å². The van der Waals surface area contributed by atoms with Crippen molar-refractivity contribution in [3.05, 3.63) is 82.7 Å². The smallest absolute Gasteiger partial charge is 0.134 e. The van der Waals surface area contributed by atoms with Crippen LogP contribution >= 0.6 is 0 Å². The fourth-order valence-corrected chi connectivity index (χ4v) is 5.12. The van der Waals surface area contributed by atoms with Crippen molar-refractivity contribution in [1.29, 1.82) is 0 Å². The Hall–Kier alpha value is -2.59. The van der Waals surface area contributed by atoms with Gasteiger partial charge in [0.05, 0.1) is 0 Å². The first-order valence-corrected chi connectivity index (χ1v) is 12.5. The molecule has 4 rings (SSSR count). The van der Waals surface area contributed by atoms with Crippen LogP contribution in [0, 0.1) is 23.6 Å². The normalized spacial score (nSPS) is 18.3. The lowest BCUT2D eigenvalue weighted by Gasteiger charge is -2.29. The van der Waals surface area contributed by atoms with Crippen molar-refractivity contribution in [2.24, 2.45) is 5.92 Å². The van der Waals surface area contributed by atoms with Crippen molar-refractivity contribution in [3.8, 4) is 11.8 Å². The molecule has 0 bridgehead atoms. The summed E-state index contributed by atoms with van der Waals surface area (Å²) in [5.74, 6) is 7.67. The highest BCUT2D eigenvalue weighted by atomic mass is 19.1. The lowest BCUT2D eigenvalue weighted by atomic mass is 9.76. The lowest BCUT2D eigenvalue weighted by molar-refractivity contribution is 0.299. The molecule has 1 fully saturated rings. The lowest BCUT2D eigenvalue weighted by Crippen LogP contribution is -2.14. The molecule has 0 heterocycles. The second-order valence-electron chi connectivity index (χ2n) is 9.42. The van der Waals surface area contributed by atoms with Gasteiger partial charge in [0.1, 0.15) is 5.82 Å². The van der Waals surface area contributed by atoms with E-state index in [0.29, 0.717) is 5.92 Å². The van der Waals surface area contributed by atoms with E-state index in [0.717, 1.165) is 52.6 Å². The van der Waals surface area contributed by atoms with E-state index in [9.17, 15) is 0 Å². The topological polar surface area (TPSA) is 0 Å². The van der Waals surface area contributed by atoms with Gasteiger partial charge in [0.15, 0.2) is 0 Å². The number of hydrogen-bond acceptors (Lipinski definition) is 0. The van der Waals surface area contributed by atoms with Gasteiger partial charge in [0.25, 0.3) is 0 Å². The predicted octanol–water partition coefficient (Wildman–Crippen LogP) is 8.80. The summed E-state index contributed by atoms with van der Waals surface area (Å²) in [4.78, 5) is 0. The molecule has 0 N–H and O–H groups in total. The summed E-state index contributed by atoms with van der Waals surface area (Å²) < 4.78 is 15.4. The molecule has 3 aromatic rings. The Balaban J connectivity index is 1.46.